The maximum atomic E-state index is 13.4. The number of aromatic nitrogens is 1. The van der Waals surface area contributed by atoms with E-state index in [1.54, 1.807) is 29.8 Å². The Kier molecular flexibility index (Phi) is 7.05. The first-order chi connectivity index (χ1) is 13.0. The van der Waals surface area contributed by atoms with Crippen LogP contribution in [0.5, 0.6) is 0 Å². The molecule has 7 heteroatoms. The van der Waals surface area contributed by atoms with Crippen molar-refractivity contribution in [2.75, 3.05) is 19.8 Å². The zero-order chi connectivity index (χ0) is 19.8. The first-order valence-corrected chi connectivity index (χ1v) is 8.22. The van der Waals surface area contributed by atoms with Crippen molar-refractivity contribution in [1.29, 1.82) is 0 Å². The van der Waals surface area contributed by atoms with E-state index in [9.17, 15) is 13.6 Å². The summed E-state index contributed by atoms with van der Waals surface area (Å²) in [5, 5.41) is 3.48. The minimum atomic E-state index is -0.617. The van der Waals surface area contributed by atoms with Crippen molar-refractivity contribution in [2.24, 2.45) is 12.0 Å². The normalized spacial score (nSPS) is 11.7. The summed E-state index contributed by atoms with van der Waals surface area (Å²) in [6.45, 7) is 6.70. The Labute approximate surface area is 156 Å². The number of nitrogens with one attached hydrogen (secondary N) is 1. The van der Waals surface area contributed by atoms with Gasteiger partial charge in [0.2, 0.25) is 0 Å². The minimum absolute atomic E-state index is 0.0868. The molecule has 0 spiro atoms. The predicted molar refractivity (Wildman–Crippen MR) is 103 cm³/mol. The highest BCUT2D eigenvalue weighted by Gasteiger charge is 2.13. The molecule has 0 saturated heterocycles. The molecule has 1 N–H and O–H groups in total. The molecule has 2 rings (SSSR count). The molecule has 1 heterocycles. The van der Waals surface area contributed by atoms with Crippen molar-refractivity contribution in [3.8, 4) is 0 Å². The summed E-state index contributed by atoms with van der Waals surface area (Å²) in [6.07, 6.45) is 4.41. The molecule has 0 bridgehead atoms. The second kappa shape index (κ2) is 9.47. The van der Waals surface area contributed by atoms with Crippen LogP contribution in [-0.4, -0.2) is 36.5 Å². The van der Waals surface area contributed by atoms with Gasteiger partial charge in [-0.1, -0.05) is 19.2 Å². The zero-order valence-corrected chi connectivity index (χ0v) is 15.0. The highest BCUT2D eigenvalue weighted by molar-refractivity contribution is 5.98. The fraction of sp³-hybridized carbons (Fsp3) is 0.200. The van der Waals surface area contributed by atoms with Gasteiger partial charge in [0, 0.05) is 12.4 Å². The van der Waals surface area contributed by atoms with E-state index in [0.29, 0.717) is 22.7 Å². The third-order valence-corrected chi connectivity index (χ3v) is 3.70. The van der Waals surface area contributed by atoms with Crippen molar-refractivity contribution < 1.29 is 18.3 Å². The molecule has 27 heavy (non-hydrogen) atoms. The number of nitrogens with zero attached hydrogens (tertiary/aromatic N) is 2. The van der Waals surface area contributed by atoms with Gasteiger partial charge in [0.1, 0.15) is 30.6 Å². The smallest absolute Gasteiger partial charge is 0.268 e. The second-order valence-electron chi connectivity index (χ2n) is 5.64. The zero-order valence-electron chi connectivity index (χ0n) is 15.0. The van der Waals surface area contributed by atoms with Crippen molar-refractivity contribution in [3.63, 3.8) is 0 Å². The maximum Gasteiger partial charge on any atom is 0.268 e. The monoisotopic (exact) mass is 373 g/mol. The Balaban J connectivity index is 1.99. The molecule has 0 fully saturated rings. The molecule has 0 unspecified atom stereocenters. The number of alkyl halides is 1. The summed E-state index contributed by atoms with van der Waals surface area (Å²) in [4.78, 5) is 16.5. The number of amides is 1. The average molecular weight is 373 g/mol. The number of carbonyl (C=O) groups is 1. The summed E-state index contributed by atoms with van der Waals surface area (Å²) < 4.78 is 32.3. The van der Waals surface area contributed by atoms with Crippen LogP contribution in [0.4, 0.5) is 8.78 Å². The molecule has 0 aliphatic heterocycles. The molecule has 0 atom stereocenters. The standard InChI is InChI=1S/C20H21F2N3O2/c1-4-5-17(27-9-8-21)13-23-14(2)12-24-20(26)19-10-15-6-7-16(22)11-18(15)25(19)3/h4-7,10-11,13H,1-2,8-9,12H2,3H3,(H,24,26)/b17-5+,23-13?. The number of halogens is 2. The number of aliphatic imine (C=N–C) groups is 1. The predicted octanol–water partition coefficient (Wildman–Crippen LogP) is 3.69. The van der Waals surface area contributed by atoms with Crippen LogP contribution in [0.1, 0.15) is 10.5 Å². The second-order valence-corrected chi connectivity index (χ2v) is 5.64. The van der Waals surface area contributed by atoms with Crippen LogP contribution in [0.15, 0.2) is 66.0 Å². The summed E-state index contributed by atoms with van der Waals surface area (Å²) in [5.41, 5.74) is 1.40. The number of ether oxygens (including phenoxy) is 1. The van der Waals surface area contributed by atoms with Gasteiger partial charge in [-0.3, -0.25) is 9.79 Å². The average Bonchev–Trinajstić information content (AvgIpc) is 2.98. The number of aryl methyl sites for hydroxylation is 1. The lowest BCUT2D eigenvalue weighted by atomic mass is 10.2. The van der Waals surface area contributed by atoms with Crippen LogP contribution in [0.3, 0.4) is 0 Å². The van der Waals surface area contributed by atoms with Crippen molar-refractivity contribution in [2.45, 2.75) is 0 Å². The van der Waals surface area contributed by atoms with Gasteiger partial charge in [0.05, 0.1) is 24.0 Å². The lowest BCUT2D eigenvalue weighted by Crippen LogP contribution is -2.26. The molecule has 1 aromatic carbocycles. The SMILES string of the molecule is C=C/C=C(\C=NC(=C)CNC(=O)c1cc2ccc(F)cc2n1C)OCCF. The Morgan fingerprint density at radius 3 is 2.89 bits per heavy atom. The molecular formula is C20H21F2N3O2. The largest absolute Gasteiger partial charge is 0.489 e. The van der Waals surface area contributed by atoms with Gasteiger partial charge < -0.3 is 14.6 Å². The summed E-state index contributed by atoms with van der Waals surface area (Å²) in [5.74, 6) is -0.358. The summed E-state index contributed by atoms with van der Waals surface area (Å²) >= 11 is 0. The number of benzene rings is 1. The van der Waals surface area contributed by atoms with Gasteiger partial charge in [-0.15, -0.1) is 0 Å². The first kappa shape index (κ1) is 20.1. The fourth-order valence-electron chi connectivity index (χ4n) is 2.40. The number of fused-ring (bicyclic) bond motifs is 1. The number of hydrogen-bond donors (Lipinski definition) is 1. The van der Waals surface area contributed by atoms with Crippen LogP contribution in [0.25, 0.3) is 10.9 Å². The van der Waals surface area contributed by atoms with E-state index in [4.69, 9.17) is 4.74 Å². The number of rotatable bonds is 9. The first-order valence-electron chi connectivity index (χ1n) is 8.22. The third kappa shape index (κ3) is 5.37. The van der Waals surface area contributed by atoms with Crippen LogP contribution in [0.2, 0.25) is 0 Å². The Morgan fingerprint density at radius 2 is 2.19 bits per heavy atom. The minimum Gasteiger partial charge on any atom is -0.489 e. The molecule has 0 aliphatic rings. The van der Waals surface area contributed by atoms with E-state index in [1.165, 1.54) is 24.4 Å². The van der Waals surface area contributed by atoms with E-state index in [-0.39, 0.29) is 24.9 Å². The van der Waals surface area contributed by atoms with Crippen LogP contribution >= 0.6 is 0 Å². The quantitative estimate of drug-likeness (QED) is 0.414. The van der Waals surface area contributed by atoms with Gasteiger partial charge in [0.25, 0.3) is 5.91 Å². The lowest BCUT2D eigenvalue weighted by molar-refractivity contribution is 0.0949. The van der Waals surface area contributed by atoms with Crippen molar-refractivity contribution in [3.05, 3.63) is 72.5 Å². The molecule has 1 amide bonds. The van der Waals surface area contributed by atoms with E-state index < -0.39 is 6.67 Å². The van der Waals surface area contributed by atoms with E-state index in [2.05, 4.69) is 23.5 Å². The van der Waals surface area contributed by atoms with E-state index in [0.717, 1.165) is 5.39 Å². The Morgan fingerprint density at radius 1 is 1.41 bits per heavy atom. The molecular weight excluding hydrogens is 352 g/mol. The summed E-state index contributed by atoms with van der Waals surface area (Å²) in [7, 11) is 1.69. The molecule has 0 saturated carbocycles. The Hall–Kier alpha value is -3.22. The topological polar surface area (TPSA) is 55.6 Å². The van der Waals surface area contributed by atoms with Crippen LogP contribution in [-0.2, 0) is 11.8 Å². The summed E-state index contributed by atoms with van der Waals surface area (Å²) in [6, 6.07) is 6.03. The molecule has 2 aromatic rings. The van der Waals surface area contributed by atoms with Crippen molar-refractivity contribution in [1.82, 2.24) is 9.88 Å². The van der Waals surface area contributed by atoms with Gasteiger partial charge in [-0.2, -0.15) is 0 Å². The van der Waals surface area contributed by atoms with Gasteiger partial charge in [-0.05, 0) is 30.3 Å². The van der Waals surface area contributed by atoms with Gasteiger partial charge >= 0.3 is 0 Å². The molecule has 0 radical (unpaired) electrons. The maximum absolute atomic E-state index is 13.4. The highest BCUT2D eigenvalue weighted by atomic mass is 19.1. The molecule has 1 aromatic heterocycles. The third-order valence-electron chi connectivity index (χ3n) is 3.70. The number of carbonyl (C=O) groups excluding carboxylic acids is 1. The van der Waals surface area contributed by atoms with Crippen LogP contribution < -0.4 is 5.32 Å². The Bertz CT molecular complexity index is 913. The fourth-order valence-corrected chi connectivity index (χ4v) is 2.40. The van der Waals surface area contributed by atoms with E-state index >= 15 is 0 Å². The van der Waals surface area contributed by atoms with E-state index in [1.807, 2.05) is 0 Å². The molecule has 142 valence electrons. The van der Waals surface area contributed by atoms with Crippen molar-refractivity contribution >= 4 is 23.0 Å². The lowest BCUT2D eigenvalue weighted by Gasteiger charge is -2.07. The van der Waals surface area contributed by atoms with Gasteiger partial charge in [0.15, 0.2) is 0 Å². The number of hydrogen-bond acceptors (Lipinski definition) is 3. The highest BCUT2D eigenvalue weighted by Crippen LogP contribution is 2.19. The van der Waals surface area contributed by atoms with Gasteiger partial charge in [-0.25, -0.2) is 8.78 Å². The number of allylic oxidation sites excluding steroid dienone is 3. The molecule has 5 nitrogen and oxygen atoms in total. The molecule has 0 aliphatic carbocycles. The van der Waals surface area contributed by atoms with Crippen LogP contribution in [0, 0.1) is 5.82 Å².